The molecule has 0 aliphatic heterocycles. The molecule has 3 aromatic heterocycles. The molecule has 0 atom stereocenters. The Morgan fingerprint density at radius 2 is 1.09 bits per heavy atom. The Labute approximate surface area is 355 Å². The van der Waals surface area contributed by atoms with Crippen LogP contribution in [0.5, 0.6) is 11.8 Å². The van der Waals surface area contributed by atoms with E-state index < -0.39 is 5.97 Å². The maximum Gasteiger partial charge on any atom is 0.335 e. The highest BCUT2D eigenvalue weighted by molar-refractivity contribution is 6.35. The molecule has 2 N–H and O–H groups in total. The normalized spacial score (nSPS) is 10.6. The van der Waals surface area contributed by atoms with Crippen LogP contribution >= 0.6 is 46.4 Å². The highest BCUT2D eigenvalue weighted by Crippen LogP contribution is 2.25. The summed E-state index contributed by atoms with van der Waals surface area (Å²) in [6.07, 6.45) is 2.88. The number of carbonyl (C=O) groups is 2. The second kappa shape index (κ2) is 20.5. The Balaban J connectivity index is 0.000000200. The summed E-state index contributed by atoms with van der Waals surface area (Å²) < 4.78 is 11.5. The number of amides is 1. The predicted octanol–water partition coefficient (Wildman–Crippen LogP) is 11.7. The number of anilines is 1. The van der Waals surface area contributed by atoms with Crippen LogP contribution in [-0.4, -0.2) is 45.1 Å². The maximum atomic E-state index is 12.6. The Kier molecular flexibility index (Phi) is 14.7. The van der Waals surface area contributed by atoms with Crippen molar-refractivity contribution in [3.63, 3.8) is 0 Å². The van der Waals surface area contributed by atoms with Crippen molar-refractivity contribution in [2.75, 3.05) is 18.5 Å². The van der Waals surface area contributed by atoms with E-state index in [9.17, 15) is 9.59 Å². The van der Waals surface area contributed by atoms with Crippen LogP contribution in [0, 0.1) is 0 Å². The Morgan fingerprint density at radius 3 is 1.59 bits per heavy atom. The van der Waals surface area contributed by atoms with Crippen molar-refractivity contribution in [1.82, 2.24) is 15.0 Å². The third kappa shape index (κ3) is 12.0. The summed E-state index contributed by atoms with van der Waals surface area (Å²) >= 11 is 24.2. The summed E-state index contributed by atoms with van der Waals surface area (Å²) in [5, 5.41) is 14.3. The van der Waals surface area contributed by atoms with E-state index in [-0.39, 0.29) is 11.5 Å². The molecule has 0 aliphatic carbocycles. The van der Waals surface area contributed by atoms with Crippen molar-refractivity contribution in [2.24, 2.45) is 0 Å². The number of nitrogens with one attached hydrogen (secondary N) is 1. The molecule has 0 radical (unpaired) electrons. The Hall–Kier alpha value is -5.97. The van der Waals surface area contributed by atoms with Gasteiger partial charge in [-0.2, -0.15) is 0 Å². The number of nitrogens with zero attached hydrogens (tertiary/aromatic N) is 3. The number of benzene rings is 4. The third-order valence-electron chi connectivity index (χ3n) is 8.45. The Bertz CT molecular complexity index is 2520. The molecule has 0 saturated carbocycles. The van der Waals surface area contributed by atoms with Gasteiger partial charge in [0.1, 0.15) is 5.82 Å². The van der Waals surface area contributed by atoms with Crippen molar-refractivity contribution >= 4 is 64.1 Å². The molecule has 4 aromatic carbocycles. The minimum atomic E-state index is -0.973. The van der Waals surface area contributed by atoms with Gasteiger partial charge in [0.05, 0.1) is 30.2 Å². The van der Waals surface area contributed by atoms with Crippen LogP contribution in [0.3, 0.4) is 0 Å². The predicted molar refractivity (Wildman–Crippen MR) is 230 cm³/mol. The number of carboxylic acids is 1. The summed E-state index contributed by atoms with van der Waals surface area (Å²) in [6, 6.07) is 40.9. The van der Waals surface area contributed by atoms with Crippen molar-refractivity contribution in [3.8, 4) is 34.3 Å². The number of hydrogen-bond acceptors (Lipinski definition) is 7. The molecule has 58 heavy (non-hydrogen) atoms. The SMILES string of the molecule is O=C(Nc1ccccn1)c1cccc(-c2cccc(OCCc3ccc(Cl)cc3Cl)n2)c1.O=C(O)c1cccc(-c2cccc(OCCc3ccc(Cl)cc3Cl)n2)c1. The van der Waals surface area contributed by atoms with Gasteiger partial charge in [-0.1, -0.05) is 101 Å². The molecule has 0 aliphatic rings. The molecule has 9 nitrogen and oxygen atoms in total. The van der Waals surface area contributed by atoms with Crippen LogP contribution in [0.15, 0.2) is 146 Å². The number of halogens is 4. The number of carbonyl (C=O) groups excluding carboxylic acids is 1. The van der Waals surface area contributed by atoms with Crippen LogP contribution in [0.25, 0.3) is 22.5 Å². The highest BCUT2D eigenvalue weighted by atomic mass is 35.5. The average molecular weight is 853 g/mol. The van der Waals surface area contributed by atoms with E-state index in [1.165, 1.54) is 0 Å². The molecule has 0 unspecified atom stereocenters. The Morgan fingerprint density at radius 1 is 0.569 bits per heavy atom. The van der Waals surface area contributed by atoms with Crippen molar-refractivity contribution in [1.29, 1.82) is 0 Å². The van der Waals surface area contributed by atoms with Gasteiger partial charge in [-0.15, -0.1) is 0 Å². The van der Waals surface area contributed by atoms with E-state index in [4.69, 9.17) is 61.0 Å². The van der Waals surface area contributed by atoms with Gasteiger partial charge in [0.2, 0.25) is 11.8 Å². The summed E-state index contributed by atoms with van der Waals surface area (Å²) in [4.78, 5) is 36.8. The van der Waals surface area contributed by atoms with Gasteiger partial charge in [0, 0.05) is 68.0 Å². The van der Waals surface area contributed by atoms with Gasteiger partial charge in [-0.25, -0.2) is 19.7 Å². The molecule has 7 rings (SSSR count). The van der Waals surface area contributed by atoms with Crippen molar-refractivity contribution in [2.45, 2.75) is 12.8 Å². The number of aromatic nitrogens is 3. The lowest BCUT2D eigenvalue weighted by Gasteiger charge is -2.09. The molecule has 7 aromatic rings. The molecule has 1 amide bonds. The first-order valence-electron chi connectivity index (χ1n) is 17.9. The highest BCUT2D eigenvalue weighted by Gasteiger charge is 2.11. The average Bonchev–Trinajstić information content (AvgIpc) is 3.23. The van der Waals surface area contributed by atoms with Gasteiger partial charge < -0.3 is 19.9 Å². The fourth-order valence-corrected chi connectivity index (χ4v) is 6.55. The molecule has 13 heteroatoms. The van der Waals surface area contributed by atoms with Gasteiger partial charge in [0.25, 0.3) is 5.91 Å². The van der Waals surface area contributed by atoms with Crippen molar-refractivity contribution < 1.29 is 24.2 Å². The van der Waals surface area contributed by atoms with Crippen LogP contribution < -0.4 is 14.8 Å². The monoisotopic (exact) mass is 850 g/mol. The first kappa shape index (κ1) is 41.7. The number of rotatable bonds is 13. The largest absolute Gasteiger partial charge is 0.478 e. The van der Waals surface area contributed by atoms with Crippen LogP contribution in [0.4, 0.5) is 5.82 Å². The quantitative estimate of drug-likeness (QED) is 0.118. The number of pyridine rings is 3. The van der Waals surface area contributed by atoms with E-state index >= 15 is 0 Å². The first-order chi connectivity index (χ1) is 28.1. The number of hydrogen-bond donors (Lipinski definition) is 2. The first-order valence-corrected chi connectivity index (χ1v) is 19.4. The van der Waals surface area contributed by atoms with Crippen LogP contribution in [0.1, 0.15) is 31.8 Å². The van der Waals surface area contributed by atoms with Crippen LogP contribution in [0.2, 0.25) is 20.1 Å². The lowest BCUT2D eigenvalue weighted by Crippen LogP contribution is -2.12. The van der Waals surface area contributed by atoms with Gasteiger partial charge >= 0.3 is 5.97 Å². The van der Waals surface area contributed by atoms with Crippen LogP contribution in [-0.2, 0) is 12.8 Å². The second-order valence-corrected chi connectivity index (χ2v) is 14.2. The molecule has 0 saturated heterocycles. The van der Waals surface area contributed by atoms with E-state index in [1.54, 1.807) is 85.1 Å². The van der Waals surface area contributed by atoms with E-state index in [2.05, 4.69) is 20.3 Å². The van der Waals surface area contributed by atoms with E-state index in [0.717, 1.165) is 22.3 Å². The molecule has 0 spiro atoms. The number of aromatic carboxylic acids is 1. The lowest BCUT2D eigenvalue weighted by atomic mass is 10.1. The molecule has 292 valence electrons. The summed E-state index contributed by atoms with van der Waals surface area (Å²) in [5.41, 5.74) is 5.52. The molecular weight excluding hydrogens is 818 g/mol. The molecule has 0 bridgehead atoms. The third-order valence-corrected chi connectivity index (χ3v) is 9.63. The number of ether oxygens (including phenoxy) is 2. The lowest BCUT2D eigenvalue weighted by molar-refractivity contribution is 0.0696. The van der Waals surface area contributed by atoms with Gasteiger partial charge in [-0.3, -0.25) is 4.79 Å². The molecule has 3 heterocycles. The van der Waals surface area contributed by atoms with Crippen molar-refractivity contribution in [3.05, 3.63) is 188 Å². The molecule has 0 fully saturated rings. The van der Waals surface area contributed by atoms with Gasteiger partial charge in [0.15, 0.2) is 0 Å². The summed E-state index contributed by atoms with van der Waals surface area (Å²) in [7, 11) is 0. The fourth-order valence-electron chi connectivity index (χ4n) is 5.55. The topological polar surface area (TPSA) is 124 Å². The van der Waals surface area contributed by atoms with E-state index in [0.29, 0.717) is 80.7 Å². The standard InChI is InChI=1S/C25H19Cl2N3O2.C20H15Cl2NO3/c26-20-11-10-17(21(27)16-20)12-14-32-24-9-4-7-22(29-24)18-5-3-6-19(15-18)25(31)30-23-8-1-2-13-28-23;21-16-8-7-13(17(22)12-16)9-10-26-19-6-2-5-18(23-19)14-3-1-4-15(11-14)20(24)25/h1-11,13,15-16H,12,14H2,(H,28,30,31);1-8,11-12H,9-10H2,(H,24,25). The zero-order valence-corrected chi connectivity index (χ0v) is 33.6. The zero-order chi connectivity index (χ0) is 40.9. The van der Waals surface area contributed by atoms with E-state index in [1.807, 2.05) is 60.7 Å². The number of carboxylic acid groups (broad SMARTS) is 1. The van der Waals surface area contributed by atoms with Gasteiger partial charge in [-0.05, 0) is 83.9 Å². The second-order valence-electron chi connectivity index (χ2n) is 12.5. The summed E-state index contributed by atoms with van der Waals surface area (Å²) in [6.45, 7) is 0.831. The minimum absolute atomic E-state index is 0.216. The maximum absolute atomic E-state index is 12.6. The smallest absolute Gasteiger partial charge is 0.335 e. The zero-order valence-electron chi connectivity index (χ0n) is 30.6. The minimum Gasteiger partial charge on any atom is -0.478 e. The fraction of sp³-hybridized carbons (Fsp3) is 0.0889. The summed E-state index contributed by atoms with van der Waals surface area (Å²) in [5.74, 6) is 0.248. The molecular formula is C45H34Cl4N4O5.